The van der Waals surface area contributed by atoms with Crippen LogP contribution >= 0.6 is 0 Å². The Hall–Kier alpha value is -2.95. The highest BCUT2D eigenvalue weighted by Gasteiger charge is 2.14. The molecule has 4 nitrogen and oxygen atoms in total. The first-order chi connectivity index (χ1) is 12.0. The molecule has 1 amide bonds. The second-order valence-corrected chi connectivity index (χ2v) is 6.02. The molecule has 2 aromatic carbocycles. The summed E-state index contributed by atoms with van der Waals surface area (Å²) in [6.45, 7) is 3.77. The van der Waals surface area contributed by atoms with Crippen LogP contribution in [0.1, 0.15) is 23.1 Å². The van der Waals surface area contributed by atoms with Crippen molar-refractivity contribution in [2.24, 2.45) is 0 Å². The molecule has 0 spiro atoms. The van der Waals surface area contributed by atoms with E-state index in [9.17, 15) is 14.0 Å². The van der Waals surface area contributed by atoms with E-state index in [0.29, 0.717) is 11.1 Å². The number of para-hydroxylation sites is 1. The smallest absolute Gasteiger partial charge is 0.339 e. The Kier molecular flexibility index (Phi) is 4.65. The zero-order valence-electron chi connectivity index (χ0n) is 14.1. The molecule has 0 atom stereocenters. The molecule has 5 heteroatoms. The van der Waals surface area contributed by atoms with Crippen molar-refractivity contribution in [3.63, 3.8) is 0 Å². The van der Waals surface area contributed by atoms with Gasteiger partial charge in [0.05, 0.1) is 5.69 Å². The first-order valence-electron chi connectivity index (χ1n) is 8.03. The minimum Gasteiger partial charge on any atom is -0.423 e. The van der Waals surface area contributed by atoms with E-state index in [-0.39, 0.29) is 24.4 Å². The molecule has 128 valence electrons. The zero-order chi connectivity index (χ0) is 18.0. The molecule has 0 saturated carbocycles. The predicted molar refractivity (Wildman–Crippen MR) is 95.3 cm³/mol. The fourth-order valence-corrected chi connectivity index (χ4v) is 2.80. The molecule has 0 saturated heterocycles. The molecule has 0 bridgehead atoms. The van der Waals surface area contributed by atoms with E-state index in [4.69, 9.17) is 4.42 Å². The molecular weight excluding hydrogens is 321 g/mol. The fraction of sp³-hybridized carbons (Fsp3) is 0.200. The molecule has 25 heavy (non-hydrogen) atoms. The number of hydrogen-bond donors (Lipinski definition) is 1. The van der Waals surface area contributed by atoms with Crippen LogP contribution in [0.15, 0.2) is 51.7 Å². The van der Waals surface area contributed by atoms with Gasteiger partial charge in [-0.3, -0.25) is 4.79 Å². The normalized spacial score (nSPS) is 10.8. The lowest BCUT2D eigenvalue weighted by atomic mass is 10.0. The van der Waals surface area contributed by atoms with E-state index < -0.39 is 11.4 Å². The van der Waals surface area contributed by atoms with Gasteiger partial charge in [-0.1, -0.05) is 24.3 Å². The minimum absolute atomic E-state index is 0.0668. The molecule has 0 fully saturated rings. The predicted octanol–water partition coefficient (Wildman–Crippen LogP) is 4.12. The summed E-state index contributed by atoms with van der Waals surface area (Å²) < 4.78 is 18.9. The van der Waals surface area contributed by atoms with Crippen LogP contribution in [0, 0.1) is 19.7 Å². The number of amides is 1. The lowest BCUT2D eigenvalue weighted by Crippen LogP contribution is -2.17. The highest BCUT2D eigenvalue weighted by atomic mass is 19.1. The lowest BCUT2D eigenvalue weighted by molar-refractivity contribution is -0.116. The molecule has 0 aliphatic carbocycles. The largest absolute Gasteiger partial charge is 0.423 e. The second-order valence-electron chi connectivity index (χ2n) is 6.02. The van der Waals surface area contributed by atoms with E-state index in [1.807, 2.05) is 32.0 Å². The van der Waals surface area contributed by atoms with Crippen molar-refractivity contribution < 1.29 is 13.6 Å². The Morgan fingerprint density at radius 2 is 1.92 bits per heavy atom. The SMILES string of the molecule is Cc1ccc2c(C)c(CCC(=O)Nc3ccccc3F)c(=O)oc2c1. The third-order valence-corrected chi connectivity index (χ3v) is 4.19. The Morgan fingerprint density at radius 1 is 1.16 bits per heavy atom. The molecule has 0 aliphatic rings. The average molecular weight is 339 g/mol. The number of halogens is 1. The van der Waals surface area contributed by atoms with Crippen LogP contribution in [0.5, 0.6) is 0 Å². The number of carbonyl (C=O) groups is 1. The molecule has 0 radical (unpaired) electrons. The van der Waals surface area contributed by atoms with Crippen molar-refractivity contribution >= 4 is 22.6 Å². The van der Waals surface area contributed by atoms with Gasteiger partial charge in [0.25, 0.3) is 0 Å². The maximum atomic E-state index is 13.6. The molecule has 3 rings (SSSR count). The quantitative estimate of drug-likeness (QED) is 0.727. The summed E-state index contributed by atoms with van der Waals surface area (Å²) in [6.07, 6.45) is 0.301. The number of carbonyl (C=O) groups excluding carboxylic acids is 1. The molecule has 3 aromatic rings. The van der Waals surface area contributed by atoms with Crippen LogP contribution in [0.3, 0.4) is 0 Å². The van der Waals surface area contributed by atoms with Gasteiger partial charge in [0, 0.05) is 17.4 Å². The van der Waals surface area contributed by atoms with E-state index >= 15 is 0 Å². The number of fused-ring (bicyclic) bond motifs is 1. The summed E-state index contributed by atoms with van der Waals surface area (Å²) >= 11 is 0. The van der Waals surface area contributed by atoms with Crippen LogP contribution in [0.2, 0.25) is 0 Å². The van der Waals surface area contributed by atoms with E-state index in [1.54, 1.807) is 12.1 Å². The summed E-state index contributed by atoms with van der Waals surface area (Å²) in [5.41, 5.74) is 2.53. The maximum Gasteiger partial charge on any atom is 0.339 e. The van der Waals surface area contributed by atoms with Gasteiger partial charge in [-0.15, -0.1) is 0 Å². The molecule has 1 heterocycles. The van der Waals surface area contributed by atoms with Gasteiger partial charge in [-0.25, -0.2) is 9.18 Å². The van der Waals surface area contributed by atoms with Crippen LogP contribution < -0.4 is 10.9 Å². The highest BCUT2D eigenvalue weighted by molar-refractivity contribution is 5.91. The topological polar surface area (TPSA) is 59.3 Å². The second kappa shape index (κ2) is 6.89. The standard InChI is InChI=1S/C20H18FNO3/c1-12-7-8-14-13(2)15(20(24)25-18(14)11-12)9-10-19(23)22-17-6-4-3-5-16(17)21/h3-8,11H,9-10H2,1-2H3,(H,22,23). The summed E-state index contributed by atoms with van der Waals surface area (Å²) in [6, 6.07) is 11.6. The Morgan fingerprint density at radius 3 is 2.68 bits per heavy atom. The first kappa shape index (κ1) is 16.9. The van der Waals surface area contributed by atoms with Crippen molar-refractivity contribution in [1.29, 1.82) is 0 Å². The van der Waals surface area contributed by atoms with Crippen molar-refractivity contribution in [2.45, 2.75) is 26.7 Å². The van der Waals surface area contributed by atoms with Crippen LogP contribution in [-0.4, -0.2) is 5.91 Å². The number of nitrogens with one attached hydrogen (secondary N) is 1. The minimum atomic E-state index is -0.493. The van der Waals surface area contributed by atoms with Gasteiger partial charge < -0.3 is 9.73 Å². The lowest BCUT2D eigenvalue weighted by Gasteiger charge is -2.09. The monoisotopic (exact) mass is 339 g/mol. The average Bonchev–Trinajstić information content (AvgIpc) is 2.56. The molecule has 0 unspecified atom stereocenters. The van der Waals surface area contributed by atoms with Crippen molar-refractivity contribution in [3.05, 3.63) is 75.4 Å². The fourth-order valence-electron chi connectivity index (χ4n) is 2.80. The van der Waals surface area contributed by atoms with Gasteiger partial charge in [0.15, 0.2) is 0 Å². The van der Waals surface area contributed by atoms with Crippen LogP contribution in [-0.2, 0) is 11.2 Å². The Bertz CT molecular complexity index is 1010. The number of aryl methyl sites for hydroxylation is 2. The van der Waals surface area contributed by atoms with Gasteiger partial charge in [-0.2, -0.15) is 0 Å². The van der Waals surface area contributed by atoms with Crippen molar-refractivity contribution in [3.8, 4) is 0 Å². The number of anilines is 1. The third-order valence-electron chi connectivity index (χ3n) is 4.19. The zero-order valence-corrected chi connectivity index (χ0v) is 14.1. The molecule has 0 aliphatic heterocycles. The van der Waals surface area contributed by atoms with E-state index in [1.165, 1.54) is 12.1 Å². The summed E-state index contributed by atoms with van der Waals surface area (Å²) in [5.74, 6) is -0.847. The van der Waals surface area contributed by atoms with Crippen LogP contribution in [0.4, 0.5) is 10.1 Å². The summed E-state index contributed by atoms with van der Waals surface area (Å²) in [7, 11) is 0. The van der Waals surface area contributed by atoms with Gasteiger partial charge >= 0.3 is 5.63 Å². The van der Waals surface area contributed by atoms with Crippen molar-refractivity contribution in [1.82, 2.24) is 0 Å². The molecular formula is C20H18FNO3. The summed E-state index contributed by atoms with van der Waals surface area (Å²) in [4.78, 5) is 24.3. The number of hydrogen-bond acceptors (Lipinski definition) is 3. The van der Waals surface area contributed by atoms with Crippen LogP contribution in [0.25, 0.3) is 11.0 Å². The third kappa shape index (κ3) is 3.60. The van der Waals surface area contributed by atoms with Gasteiger partial charge in [-0.05, 0) is 49.6 Å². The maximum absolute atomic E-state index is 13.6. The molecule has 1 aromatic heterocycles. The number of benzene rings is 2. The molecule has 1 N–H and O–H groups in total. The van der Waals surface area contributed by atoms with Gasteiger partial charge in [0.2, 0.25) is 5.91 Å². The Labute approximate surface area is 144 Å². The first-order valence-corrected chi connectivity index (χ1v) is 8.03. The Balaban J connectivity index is 1.79. The highest BCUT2D eigenvalue weighted by Crippen LogP contribution is 2.21. The number of rotatable bonds is 4. The van der Waals surface area contributed by atoms with E-state index in [0.717, 1.165) is 16.5 Å². The summed E-state index contributed by atoms with van der Waals surface area (Å²) in [5, 5.41) is 3.37. The van der Waals surface area contributed by atoms with Gasteiger partial charge in [0.1, 0.15) is 11.4 Å². The van der Waals surface area contributed by atoms with Crippen molar-refractivity contribution in [2.75, 3.05) is 5.32 Å². The van der Waals surface area contributed by atoms with E-state index in [2.05, 4.69) is 5.32 Å².